The summed E-state index contributed by atoms with van der Waals surface area (Å²) in [6.07, 6.45) is 1.22. The quantitative estimate of drug-likeness (QED) is 0.739. The number of aldehydes is 1. The van der Waals surface area contributed by atoms with E-state index in [1.807, 2.05) is 4.90 Å². The molecule has 0 N–H and O–H groups in total. The third kappa shape index (κ3) is 3.75. The second-order valence-electron chi connectivity index (χ2n) is 4.54. The molecule has 1 aromatic rings. The van der Waals surface area contributed by atoms with Gasteiger partial charge in [-0.15, -0.1) is 0 Å². The highest BCUT2D eigenvalue weighted by Crippen LogP contribution is 2.29. The van der Waals surface area contributed by atoms with Crippen molar-refractivity contribution >= 4 is 23.6 Å². The average Bonchev–Trinajstić information content (AvgIpc) is 2.34. The van der Waals surface area contributed by atoms with Crippen molar-refractivity contribution in [3.05, 3.63) is 28.8 Å². The molecule has 0 heterocycles. The summed E-state index contributed by atoms with van der Waals surface area (Å²) in [5.74, 6) is 0.430. The monoisotopic (exact) mass is 264 g/mol. The molecular formula is C14H17ClN2O. The van der Waals surface area contributed by atoms with E-state index in [0.29, 0.717) is 29.5 Å². The third-order valence-corrected chi connectivity index (χ3v) is 2.85. The normalized spacial score (nSPS) is 10.2. The van der Waals surface area contributed by atoms with Crippen LogP contribution < -0.4 is 4.90 Å². The average molecular weight is 265 g/mol. The van der Waals surface area contributed by atoms with Crippen LogP contribution in [0.15, 0.2) is 18.2 Å². The van der Waals surface area contributed by atoms with Gasteiger partial charge in [0.15, 0.2) is 6.29 Å². The van der Waals surface area contributed by atoms with Crippen LogP contribution in [0.4, 0.5) is 5.69 Å². The Morgan fingerprint density at radius 3 is 2.78 bits per heavy atom. The van der Waals surface area contributed by atoms with Crippen LogP contribution in [0.25, 0.3) is 0 Å². The Hall–Kier alpha value is -1.53. The van der Waals surface area contributed by atoms with Crippen molar-refractivity contribution in [1.29, 1.82) is 5.26 Å². The number of carbonyl (C=O) groups excluding carboxylic acids is 1. The Morgan fingerprint density at radius 2 is 2.22 bits per heavy atom. The first-order chi connectivity index (χ1) is 8.60. The highest BCUT2D eigenvalue weighted by molar-refractivity contribution is 6.33. The molecule has 0 radical (unpaired) electrons. The summed E-state index contributed by atoms with van der Waals surface area (Å²) in [5, 5.41) is 9.27. The summed E-state index contributed by atoms with van der Waals surface area (Å²) in [7, 11) is 0. The van der Waals surface area contributed by atoms with Crippen molar-refractivity contribution in [3.63, 3.8) is 0 Å². The summed E-state index contributed by atoms with van der Waals surface area (Å²) in [6.45, 7) is 5.54. The lowest BCUT2D eigenvalue weighted by molar-refractivity contribution is 0.112. The van der Waals surface area contributed by atoms with E-state index in [-0.39, 0.29) is 0 Å². The van der Waals surface area contributed by atoms with Crippen LogP contribution in [0.3, 0.4) is 0 Å². The Morgan fingerprint density at radius 1 is 1.50 bits per heavy atom. The molecular weight excluding hydrogens is 248 g/mol. The van der Waals surface area contributed by atoms with Crippen LogP contribution in [-0.2, 0) is 0 Å². The summed E-state index contributed by atoms with van der Waals surface area (Å²) in [6, 6.07) is 7.39. The van der Waals surface area contributed by atoms with Gasteiger partial charge < -0.3 is 4.90 Å². The Balaban J connectivity index is 3.11. The van der Waals surface area contributed by atoms with Crippen molar-refractivity contribution in [3.8, 4) is 6.07 Å². The number of para-hydroxylation sites is 1. The van der Waals surface area contributed by atoms with Crippen molar-refractivity contribution in [2.45, 2.75) is 20.3 Å². The summed E-state index contributed by atoms with van der Waals surface area (Å²) >= 11 is 6.18. The van der Waals surface area contributed by atoms with Gasteiger partial charge in [0.05, 0.1) is 23.2 Å². The summed E-state index contributed by atoms with van der Waals surface area (Å²) in [4.78, 5) is 13.1. The van der Waals surface area contributed by atoms with Crippen LogP contribution in [0.2, 0.25) is 5.02 Å². The molecule has 1 aromatic carbocycles. The minimum atomic E-state index is 0.413. The van der Waals surface area contributed by atoms with Crippen molar-refractivity contribution < 1.29 is 4.79 Å². The zero-order valence-electron chi connectivity index (χ0n) is 10.7. The first-order valence-electron chi connectivity index (χ1n) is 5.95. The molecule has 0 saturated heterocycles. The van der Waals surface area contributed by atoms with Gasteiger partial charge in [-0.1, -0.05) is 31.5 Å². The van der Waals surface area contributed by atoms with Gasteiger partial charge in [0.2, 0.25) is 0 Å². The van der Waals surface area contributed by atoms with Gasteiger partial charge in [0, 0.05) is 18.7 Å². The number of hydrogen-bond donors (Lipinski definition) is 0. The van der Waals surface area contributed by atoms with Gasteiger partial charge in [-0.25, -0.2) is 0 Å². The molecule has 0 aromatic heterocycles. The molecule has 0 spiro atoms. The van der Waals surface area contributed by atoms with E-state index in [1.165, 1.54) is 0 Å². The molecule has 0 aliphatic heterocycles. The molecule has 18 heavy (non-hydrogen) atoms. The number of rotatable bonds is 6. The zero-order chi connectivity index (χ0) is 13.5. The second-order valence-corrected chi connectivity index (χ2v) is 4.95. The van der Waals surface area contributed by atoms with Crippen molar-refractivity contribution in [1.82, 2.24) is 0 Å². The number of carbonyl (C=O) groups is 1. The number of benzene rings is 1. The second kappa shape index (κ2) is 7.03. The maximum atomic E-state index is 11.1. The lowest BCUT2D eigenvalue weighted by Gasteiger charge is -2.27. The minimum absolute atomic E-state index is 0.413. The van der Waals surface area contributed by atoms with Crippen molar-refractivity contribution in [2.24, 2.45) is 5.92 Å². The molecule has 4 heteroatoms. The van der Waals surface area contributed by atoms with Crippen LogP contribution in [0.5, 0.6) is 0 Å². The zero-order valence-corrected chi connectivity index (χ0v) is 11.4. The fourth-order valence-electron chi connectivity index (χ4n) is 1.88. The van der Waals surface area contributed by atoms with E-state index in [2.05, 4.69) is 19.9 Å². The highest BCUT2D eigenvalue weighted by atomic mass is 35.5. The van der Waals surface area contributed by atoms with Gasteiger partial charge in [-0.3, -0.25) is 4.79 Å². The summed E-state index contributed by atoms with van der Waals surface area (Å²) in [5.41, 5.74) is 1.30. The first-order valence-corrected chi connectivity index (χ1v) is 6.33. The molecule has 0 unspecified atom stereocenters. The van der Waals surface area contributed by atoms with E-state index in [9.17, 15) is 4.79 Å². The van der Waals surface area contributed by atoms with E-state index in [4.69, 9.17) is 16.9 Å². The fourth-order valence-corrected chi connectivity index (χ4v) is 2.18. The Labute approximate surface area is 113 Å². The van der Waals surface area contributed by atoms with Gasteiger partial charge in [-0.05, 0) is 18.1 Å². The number of anilines is 1. The standard InChI is InChI=1S/C14H17ClN2O/c1-11(2)9-17(8-4-7-16)14-12(10-18)5-3-6-13(14)15/h3,5-6,10-11H,4,8-9H2,1-2H3. The summed E-state index contributed by atoms with van der Waals surface area (Å²) < 4.78 is 0. The maximum Gasteiger partial charge on any atom is 0.152 e. The van der Waals surface area contributed by atoms with Crippen LogP contribution in [0, 0.1) is 17.2 Å². The molecule has 0 saturated carbocycles. The van der Waals surface area contributed by atoms with E-state index < -0.39 is 0 Å². The van der Waals surface area contributed by atoms with E-state index in [1.54, 1.807) is 18.2 Å². The fraction of sp³-hybridized carbons (Fsp3) is 0.429. The Bertz CT molecular complexity index is 452. The maximum absolute atomic E-state index is 11.1. The van der Waals surface area contributed by atoms with Crippen molar-refractivity contribution in [2.75, 3.05) is 18.0 Å². The van der Waals surface area contributed by atoms with Crippen LogP contribution in [0.1, 0.15) is 30.6 Å². The number of nitrogens with zero attached hydrogens (tertiary/aromatic N) is 2. The van der Waals surface area contributed by atoms with Crippen LogP contribution in [-0.4, -0.2) is 19.4 Å². The van der Waals surface area contributed by atoms with Gasteiger partial charge in [0.25, 0.3) is 0 Å². The Kier molecular flexibility index (Phi) is 5.67. The largest absolute Gasteiger partial charge is 0.368 e. The minimum Gasteiger partial charge on any atom is -0.368 e. The molecule has 0 aliphatic rings. The van der Waals surface area contributed by atoms with E-state index in [0.717, 1.165) is 18.5 Å². The molecule has 96 valence electrons. The number of halogens is 1. The molecule has 0 amide bonds. The smallest absolute Gasteiger partial charge is 0.152 e. The predicted octanol–water partition coefficient (Wildman–Crippen LogP) is 3.53. The molecule has 0 bridgehead atoms. The topological polar surface area (TPSA) is 44.1 Å². The van der Waals surface area contributed by atoms with Gasteiger partial charge >= 0.3 is 0 Å². The van der Waals surface area contributed by atoms with Crippen LogP contribution >= 0.6 is 11.6 Å². The molecule has 0 fully saturated rings. The molecule has 0 atom stereocenters. The number of nitriles is 1. The predicted molar refractivity (Wildman–Crippen MR) is 74.1 cm³/mol. The highest BCUT2D eigenvalue weighted by Gasteiger charge is 2.15. The lowest BCUT2D eigenvalue weighted by atomic mass is 10.1. The SMILES string of the molecule is CC(C)CN(CCC#N)c1c(Cl)cccc1C=O. The molecule has 1 rings (SSSR count). The number of hydrogen-bond acceptors (Lipinski definition) is 3. The van der Waals surface area contributed by atoms with Gasteiger partial charge in [0.1, 0.15) is 0 Å². The third-order valence-electron chi connectivity index (χ3n) is 2.54. The first kappa shape index (κ1) is 14.5. The molecule has 3 nitrogen and oxygen atoms in total. The molecule has 0 aliphatic carbocycles. The van der Waals surface area contributed by atoms with E-state index >= 15 is 0 Å². The lowest BCUT2D eigenvalue weighted by Crippen LogP contribution is -2.29. The van der Waals surface area contributed by atoms with Gasteiger partial charge in [-0.2, -0.15) is 5.26 Å².